The van der Waals surface area contributed by atoms with E-state index in [9.17, 15) is 26.4 Å². The number of ether oxygens (including phenoxy) is 3. The zero-order valence-electron chi connectivity index (χ0n) is 36.9. The molecule has 19 nitrogen and oxygen atoms in total. The van der Waals surface area contributed by atoms with Crippen molar-refractivity contribution < 1.29 is 40.6 Å². The summed E-state index contributed by atoms with van der Waals surface area (Å²) in [4.78, 5) is 29.6. The van der Waals surface area contributed by atoms with E-state index in [2.05, 4.69) is 47.3 Å². The normalized spacial score (nSPS) is 20.7. The van der Waals surface area contributed by atoms with Crippen LogP contribution in [0.3, 0.4) is 0 Å². The maximum Gasteiger partial charge on any atom is 0.333 e. The number of anilines is 2. The minimum Gasteiger partial charge on any atom is -0.475 e. The van der Waals surface area contributed by atoms with Gasteiger partial charge in [-0.1, -0.05) is 12.1 Å². The van der Waals surface area contributed by atoms with Gasteiger partial charge in [0.2, 0.25) is 11.8 Å². The van der Waals surface area contributed by atoms with E-state index in [1.807, 2.05) is 19.0 Å². The largest absolute Gasteiger partial charge is 0.475 e. The topological polar surface area (TPSA) is 220 Å². The van der Waals surface area contributed by atoms with Crippen molar-refractivity contribution in [2.75, 3.05) is 58.1 Å². The smallest absolute Gasteiger partial charge is 0.333 e. The molecule has 0 radical (unpaired) electrons. The van der Waals surface area contributed by atoms with Crippen molar-refractivity contribution in [3.05, 3.63) is 69.0 Å². The predicted octanol–water partition coefficient (Wildman–Crippen LogP) is 3.16. The highest BCUT2D eigenvalue weighted by Crippen LogP contribution is 2.40. The molecule has 4 aliphatic carbocycles. The Hall–Kier alpha value is -5.22. The first kappa shape index (κ1) is 43.7. The SMILES string of the molecule is CN(C)[C@H]1COc2c(S(=O)(=O)NC(=O)Nc3c4c(cc5c3CCC5)CCC4)cnn2C1.COC1CN([C@H]2COc3c(S(=O)(=O)NC(=O)Nc4c5c(cc6c4CCC6)CCC5)cnn3C2)C1. The van der Waals surface area contributed by atoms with E-state index in [0.29, 0.717) is 26.3 Å². The third kappa shape index (κ3) is 8.34. The van der Waals surface area contributed by atoms with E-state index >= 15 is 0 Å². The van der Waals surface area contributed by atoms with Gasteiger partial charge in [-0.3, -0.25) is 4.90 Å². The molecule has 4 aromatic rings. The number of carbonyl (C=O) groups is 2. The summed E-state index contributed by atoms with van der Waals surface area (Å²) in [7, 11) is -2.71. The molecule has 348 valence electrons. The summed E-state index contributed by atoms with van der Waals surface area (Å²) < 4.78 is 76.2. The first-order valence-corrected chi connectivity index (χ1v) is 25.5. The van der Waals surface area contributed by atoms with E-state index in [1.165, 1.54) is 39.3 Å². The molecule has 0 bridgehead atoms. The second-order valence-electron chi connectivity index (χ2n) is 18.3. The number of sulfonamides is 2. The van der Waals surface area contributed by atoms with Crippen LogP contribution in [0.5, 0.6) is 11.8 Å². The van der Waals surface area contributed by atoms with E-state index in [-0.39, 0.29) is 39.7 Å². The van der Waals surface area contributed by atoms with Gasteiger partial charge < -0.3 is 29.7 Å². The van der Waals surface area contributed by atoms with E-state index in [0.717, 1.165) is 124 Å². The molecule has 3 aliphatic heterocycles. The Bertz CT molecular complexity index is 2720. The number of rotatable bonds is 9. The molecule has 0 spiro atoms. The molecule has 0 saturated carbocycles. The van der Waals surface area contributed by atoms with Gasteiger partial charge in [0.05, 0.1) is 43.7 Å². The Labute approximate surface area is 378 Å². The molecule has 21 heteroatoms. The monoisotopic (exact) mass is 932 g/mol. The lowest BCUT2D eigenvalue weighted by Crippen LogP contribution is -2.59. The van der Waals surface area contributed by atoms with Crippen molar-refractivity contribution >= 4 is 43.5 Å². The van der Waals surface area contributed by atoms with E-state index in [4.69, 9.17) is 14.2 Å². The Balaban J connectivity index is 0.000000154. The van der Waals surface area contributed by atoms with Crippen LogP contribution in [0.1, 0.15) is 70.2 Å². The van der Waals surface area contributed by atoms with Gasteiger partial charge in [-0.15, -0.1) is 0 Å². The molecular formula is C44H56N10O9S2. The Morgan fingerprint density at radius 3 is 1.51 bits per heavy atom. The predicted molar refractivity (Wildman–Crippen MR) is 239 cm³/mol. The fraction of sp³-hybridized carbons (Fsp3) is 0.545. The zero-order chi connectivity index (χ0) is 45.2. The maximum absolute atomic E-state index is 13.1. The van der Waals surface area contributed by atoms with Gasteiger partial charge in [0.15, 0.2) is 9.79 Å². The lowest BCUT2D eigenvalue weighted by molar-refractivity contribution is -0.0687. The molecule has 7 aliphatic rings. The van der Waals surface area contributed by atoms with Crippen LogP contribution in [-0.4, -0.2) is 124 Å². The molecule has 1 saturated heterocycles. The number of likely N-dealkylation sites (tertiary alicyclic amines) is 1. The zero-order valence-corrected chi connectivity index (χ0v) is 38.6. The highest BCUT2D eigenvalue weighted by Gasteiger charge is 2.38. The van der Waals surface area contributed by atoms with Gasteiger partial charge in [-0.2, -0.15) is 10.2 Å². The fourth-order valence-electron chi connectivity index (χ4n) is 10.5. The molecule has 2 atom stereocenters. The molecule has 1 fully saturated rings. The third-order valence-corrected chi connectivity index (χ3v) is 16.7. The fourth-order valence-corrected chi connectivity index (χ4v) is 12.5. The summed E-state index contributed by atoms with van der Waals surface area (Å²) in [5.41, 5.74) is 11.3. The first-order valence-electron chi connectivity index (χ1n) is 22.6. The number of benzene rings is 2. The number of fused-ring (bicyclic) bond motifs is 6. The van der Waals surface area contributed by atoms with Crippen molar-refractivity contribution in [2.45, 2.75) is 118 Å². The Morgan fingerprint density at radius 1 is 0.646 bits per heavy atom. The summed E-state index contributed by atoms with van der Waals surface area (Å²) in [6.45, 7) is 3.40. The van der Waals surface area contributed by atoms with Gasteiger partial charge in [0.1, 0.15) is 13.2 Å². The number of urea groups is 2. The van der Waals surface area contributed by atoms with Crippen molar-refractivity contribution in [2.24, 2.45) is 0 Å². The molecule has 65 heavy (non-hydrogen) atoms. The lowest BCUT2D eigenvalue weighted by atomic mass is 9.99. The molecule has 5 heterocycles. The van der Waals surface area contributed by atoms with Crippen LogP contribution in [0.2, 0.25) is 0 Å². The maximum atomic E-state index is 13.1. The highest BCUT2D eigenvalue weighted by atomic mass is 32.2. The molecule has 11 rings (SSSR count). The lowest BCUT2D eigenvalue weighted by Gasteiger charge is -2.44. The van der Waals surface area contributed by atoms with Crippen molar-refractivity contribution in [3.63, 3.8) is 0 Å². The van der Waals surface area contributed by atoms with Crippen LogP contribution in [0.4, 0.5) is 21.0 Å². The summed E-state index contributed by atoms with van der Waals surface area (Å²) in [6.07, 6.45) is 14.6. The highest BCUT2D eigenvalue weighted by molar-refractivity contribution is 7.90. The minimum atomic E-state index is -4.15. The van der Waals surface area contributed by atoms with Gasteiger partial charge in [-0.25, -0.2) is 45.2 Å². The number of carbonyl (C=O) groups excluding carboxylic acids is 2. The van der Waals surface area contributed by atoms with Crippen LogP contribution in [0.25, 0.3) is 0 Å². The number of nitrogens with one attached hydrogen (secondary N) is 4. The van der Waals surface area contributed by atoms with Crippen LogP contribution < -0.4 is 29.6 Å². The number of aryl methyl sites for hydroxylation is 4. The molecule has 2 aromatic heterocycles. The molecule has 4 N–H and O–H groups in total. The van der Waals surface area contributed by atoms with Gasteiger partial charge in [0, 0.05) is 31.6 Å². The van der Waals surface area contributed by atoms with E-state index in [1.54, 1.807) is 11.8 Å². The number of aromatic nitrogens is 4. The number of hydrogen-bond donors (Lipinski definition) is 4. The average molecular weight is 933 g/mol. The first-order chi connectivity index (χ1) is 31.3. The summed E-state index contributed by atoms with van der Waals surface area (Å²) in [5, 5.41) is 14.1. The van der Waals surface area contributed by atoms with Crippen LogP contribution in [-0.2, 0) is 89.2 Å². The van der Waals surface area contributed by atoms with Gasteiger partial charge in [-0.05, 0) is 136 Å². The standard InChI is InChI=1S/C23H29N5O5S.C21H27N5O4S/c1-32-17-11-27(12-17)16-10-28-22(33-13-16)20(9-24-28)34(30,31)26-23(29)25-21-18-6-2-4-14(18)8-15-5-3-7-19(15)21;1-25(2)15-11-26-20(30-12-15)18(10-22-26)31(28,29)24-21(27)23-19-16-7-3-5-13(16)9-14-6-4-8-17(14)19/h8-9,16-17H,2-7,10-13H2,1H3,(H2,25,26,29);9-10,15H,3-8,11-12H2,1-2H3,(H2,23,24,27)/t16-;15-/m11/s1. The number of hydrogen-bond acceptors (Lipinski definition) is 13. The summed E-state index contributed by atoms with van der Waals surface area (Å²) >= 11 is 0. The molecular weight excluding hydrogens is 877 g/mol. The minimum absolute atomic E-state index is 0.0986. The van der Waals surface area contributed by atoms with Crippen LogP contribution in [0.15, 0.2) is 34.3 Å². The van der Waals surface area contributed by atoms with Crippen molar-refractivity contribution in [1.82, 2.24) is 38.8 Å². The summed E-state index contributed by atoms with van der Waals surface area (Å²) in [6, 6.07) is 3.23. The molecule has 0 unspecified atom stereocenters. The van der Waals surface area contributed by atoms with Gasteiger partial charge in [0.25, 0.3) is 20.0 Å². The van der Waals surface area contributed by atoms with Crippen molar-refractivity contribution in [3.8, 4) is 11.8 Å². The Kier molecular flexibility index (Phi) is 11.6. The number of methoxy groups -OCH3 is 1. The third-order valence-electron chi connectivity index (χ3n) is 14.0. The second kappa shape index (κ2) is 17.2. The van der Waals surface area contributed by atoms with Gasteiger partial charge >= 0.3 is 12.1 Å². The van der Waals surface area contributed by atoms with Crippen molar-refractivity contribution in [1.29, 1.82) is 0 Å². The molecule has 4 amide bonds. The molecule has 2 aromatic carbocycles. The quantitative estimate of drug-likeness (QED) is 0.190. The number of nitrogens with zero attached hydrogens (tertiary/aromatic N) is 6. The van der Waals surface area contributed by atoms with Crippen LogP contribution in [0, 0.1) is 0 Å². The number of likely N-dealkylation sites (N-methyl/N-ethyl adjacent to an activating group) is 1. The average Bonchev–Trinajstić information content (AvgIpc) is 4.11. The van der Waals surface area contributed by atoms with E-state index < -0.39 is 32.1 Å². The summed E-state index contributed by atoms with van der Waals surface area (Å²) in [5.74, 6) is 0.335. The Morgan fingerprint density at radius 2 is 1.08 bits per heavy atom. The van der Waals surface area contributed by atoms with Crippen LogP contribution >= 0.6 is 0 Å². The second-order valence-corrected chi connectivity index (χ2v) is 21.6. The number of amides is 4.